The van der Waals surface area contributed by atoms with Crippen molar-refractivity contribution < 1.29 is 72.4 Å². The number of nitrogens with zero attached hydrogens (tertiary/aromatic N) is 2. The van der Waals surface area contributed by atoms with Crippen LogP contribution in [0.1, 0.15) is 125 Å². The molecule has 2 heterocycles. The van der Waals surface area contributed by atoms with Gasteiger partial charge in [-0.05, 0) is 94.9 Å². The van der Waals surface area contributed by atoms with Gasteiger partial charge in [0.2, 0.25) is 53.2 Å². The van der Waals surface area contributed by atoms with Gasteiger partial charge in [-0.3, -0.25) is 43.2 Å². The molecule has 0 radical (unpaired) electrons. The quantitative estimate of drug-likeness (QED) is 0.0833. The number of aliphatic hydroxyl groups is 1. The molecule has 2 saturated heterocycles. The number of hydrogen-bond donors (Lipinski definition) is 9. The highest BCUT2D eigenvalue weighted by atomic mass is 16.6. The van der Waals surface area contributed by atoms with Crippen LogP contribution in [0.3, 0.4) is 0 Å². The monoisotopic (exact) mass is 1130 g/mol. The largest absolute Gasteiger partial charge is 0.508 e. The number of carbonyl (C=O) groups is 11. The molecule has 81 heavy (non-hydrogen) atoms. The lowest BCUT2D eigenvalue weighted by Gasteiger charge is -2.43. The number of amides is 9. The summed E-state index contributed by atoms with van der Waals surface area (Å²) in [4.78, 5) is 158. The number of hydrogen-bond acceptors (Lipinski definition) is 15. The Labute approximate surface area is 473 Å². The van der Waals surface area contributed by atoms with Gasteiger partial charge in [0.05, 0.1) is 0 Å². The van der Waals surface area contributed by atoms with Gasteiger partial charge in [-0.25, -0.2) is 9.59 Å². The highest BCUT2D eigenvalue weighted by Gasteiger charge is 2.46. The van der Waals surface area contributed by atoms with Crippen LogP contribution in [0, 0.1) is 11.8 Å². The van der Waals surface area contributed by atoms with Gasteiger partial charge in [-0.15, -0.1) is 0 Å². The van der Waals surface area contributed by atoms with E-state index in [-0.39, 0.29) is 56.6 Å². The topological polar surface area (TPSA) is 337 Å². The highest BCUT2D eigenvalue weighted by Crippen LogP contribution is 2.26. The molecule has 4 rings (SSSR count). The second-order valence-electron chi connectivity index (χ2n) is 21.7. The molecule has 2 aromatic carbocycles. The summed E-state index contributed by atoms with van der Waals surface area (Å²) in [5, 5.41) is 39.8. The molecule has 24 heteroatoms. The van der Waals surface area contributed by atoms with Crippen LogP contribution >= 0.6 is 0 Å². The van der Waals surface area contributed by atoms with Gasteiger partial charge < -0.3 is 66.7 Å². The van der Waals surface area contributed by atoms with Gasteiger partial charge in [0.15, 0.2) is 0 Å². The number of piperidine rings is 1. The zero-order chi connectivity index (χ0) is 60.4. The molecule has 0 aliphatic carbocycles. The van der Waals surface area contributed by atoms with E-state index in [4.69, 9.17) is 9.47 Å². The van der Waals surface area contributed by atoms with Crippen LogP contribution in [0.15, 0.2) is 54.6 Å². The minimum Gasteiger partial charge on any atom is -0.508 e. The summed E-state index contributed by atoms with van der Waals surface area (Å²) in [6.45, 7) is 15.4. The van der Waals surface area contributed by atoms with Crippen molar-refractivity contribution in [1.82, 2.24) is 47.0 Å². The van der Waals surface area contributed by atoms with Crippen molar-refractivity contribution in [2.45, 2.75) is 200 Å². The van der Waals surface area contributed by atoms with Crippen LogP contribution in [0.2, 0.25) is 0 Å². The molecule has 0 spiro atoms. The lowest BCUT2D eigenvalue weighted by Crippen LogP contribution is -2.65. The van der Waals surface area contributed by atoms with Crippen LogP contribution in [-0.4, -0.2) is 165 Å². The van der Waals surface area contributed by atoms with Crippen LogP contribution in [-0.2, 0) is 75.1 Å². The number of ether oxygens (including phenoxy) is 2. The first-order valence-electron chi connectivity index (χ1n) is 27.8. The number of phenols is 1. The minimum atomic E-state index is -1.93. The van der Waals surface area contributed by atoms with E-state index in [0.717, 1.165) is 9.80 Å². The van der Waals surface area contributed by atoms with Gasteiger partial charge in [0, 0.05) is 32.7 Å². The van der Waals surface area contributed by atoms with Crippen molar-refractivity contribution >= 4 is 65.1 Å². The molecule has 2 fully saturated rings. The maximum atomic E-state index is 15.2. The molecule has 9 N–H and O–H groups in total. The maximum absolute atomic E-state index is 15.2. The van der Waals surface area contributed by atoms with Crippen molar-refractivity contribution in [2.75, 3.05) is 7.05 Å². The predicted octanol–water partition coefficient (Wildman–Crippen LogP) is 0.927. The molecule has 446 valence electrons. The summed E-state index contributed by atoms with van der Waals surface area (Å²) >= 11 is 0. The van der Waals surface area contributed by atoms with Gasteiger partial charge in [0.25, 0.3) is 0 Å². The molecule has 0 aromatic heterocycles. The van der Waals surface area contributed by atoms with E-state index in [0.29, 0.717) is 24.0 Å². The fraction of sp³-hybridized carbons (Fsp3) is 0.596. The number of benzene rings is 2. The van der Waals surface area contributed by atoms with Gasteiger partial charge >= 0.3 is 11.9 Å². The van der Waals surface area contributed by atoms with Crippen LogP contribution < -0.4 is 37.2 Å². The van der Waals surface area contributed by atoms with Crippen LogP contribution in [0.5, 0.6) is 5.75 Å². The molecule has 9 amide bonds. The lowest BCUT2D eigenvalue weighted by atomic mass is 9.95. The van der Waals surface area contributed by atoms with E-state index in [1.54, 1.807) is 71.9 Å². The van der Waals surface area contributed by atoms with Crippen molar-refractivity contribution in [3.63, 3.8) is 0 Å². The minimum absolute atomic E-state index is 0.0519. The normalized spacial score (nSPS) is 23.9. The molecule has 24 nitrogen and oxygen atoms in total. The number of rotatable bonds is 20. The number of esters is 2. The van der Waals surface area contributed by atoms with Crippen LogP contribution in [0.25, 0.3) is 0 Å². The Kier molecular flexibility index (Phi) is 25.1. The second-order valence-corrected chi connectivity index (χ2v) is 21.7. The summed E-state index contributed by atoms with van der Waals surface area (Å²) in [5.74, 6) is -10.7. The number of cyclic esters (lactones) is 1. The number of nitrogens with one attached hydrogen (secondary N) is 7. The van der Waals surface area contributed by atoms with Gasteiger partial charge in [-0.1, -0.05) is 84.0 Å². The molecule has 0 saturated carbocycles. The third-order valence-corrected chi connectivity index (χ3v) is 14.0. The van der Waals surface area contributed by atoms with E-state index in [9.17, 15) is 58.2 Å². The zero-order valence-electron chi connectivity index (χ0n) is 48.2. The Balaban J connectivity index is 1.88. The highest BCUT2D eigenvalue weighted by molar-refractivity contribution is 5.99. The Hall–Kier alpha value is -7.63. The third kappa shape index (κ3) is 19.0. The molecule has 2 aromatic rings. The third-order valence-electron chi connectivity index (χ3n) is 14.0. The predicted molar refractivity (Wildman–Crippen MR) is 294 cm³/mol. The lowest BCUT2D eigenvalue weighted by molar-refractivity contribution is -0.165. The van der Waals surface area contributed by atoms with Crippen molar-refractivity contribution in [2.24, 2.45) is 11.8 Å². The summed E-state index contributed by atoms with van der Waals surface area (Å²) in [6.07, 6.45) is -4.23. The second kappa shape index (κ2) is 30.8. The summed E-state index contributed by atoms with van der Waals surface area (Å²) < 4.78 is 11.6. The summed E-state index contributed by atoms with van der Waals surface area (Å²) in [6, 6.07) is 1.05. The SMILES string of the molecule is CCCC(=O)N[C@@H](C)C(=O)N[C@@H](C(=O)N[C@@H]1C(=O)N[C@@H](CC(C)C)C(=O)N[C@H]2CC[C@@H](O)N(C2=O)[C@@H](Cc2ccccc2)C(=O)N(C)[C@@H](Cc2ccc(O)cc2)C(=O)N[C@@H](C(C)C)C(=O)O[C@H]1C)[C@@H](C)OC(=O)[C@H](C)NC(=O)CCC. The molecule has 2 aliphatic rings. The Bertz CT molecular complexity index is 2550. The van der Waals surface area contributed by atoms with E-state index < -0.39 is 144 Å². The number of aromatic hydroxyl groups is 1. The average molecular weight is 1130 g/mol. The molecule has 0 unspecified atom stereocenters. The Morgan fingerprint density at radius 2 is 1.28 bits per heavy atom. The first-order chi connectivity index (χ1) is 38.2. The molecule has 12 atom stereocenters. The number of phenolic OH excluding ortho intramolecular Hbond substituents is 1. The molecule has 2 bridgehead atoms. The summed E-state index contributed by atoms with van der Waals surface area (Å²) in [7, 11) is 1.34. The average Bonchev–Trinajstić information content (AvgIpc) is 3.40. The molecule has 2 aliphatic heterocycles. The van der Waals surface area contributed by atoms with E-state index in [1.165, 1.54) is 59.0 Å². The van der Waals surface area contributed by atoms with Crippen molar-refractivity contribution in [1.29, 1.82) is 0 Å². The number of aliphatic hydroxyl groups excluding tert-OH is 1. The van der Waals surface area contributed by atoms with E-state index in [2.05, 4.69) is 37.2 Å². The molecular formula is C57H83N9O15. The summed E-state index contributed by atoms with van der Waals surface area (Å²) in [5.41, 5.74) is 1.06. The van der Waals surface area contributed by atoms with Gasteiger partial charge in [0.1, 0.15) is 78.6 Å². The number of likely N-dealkylation sites (N-methyl/N-ethyl adjacent to an activating group) is 1. The first-order valence-corrected chi connectivity index (χ1v) is 27.8. The first kappa shape index (κ1) is 65.9. The van der Waals surface area contributed by atoms with Crippen LogP contribution in [0.4, 0.5) is 0 Å². The number of fused-ring (bicyclic) bond motifs is 2. The standard InChI is InChI=1S/C57H83N9O15/c1-12-17-43(68)58-32(7)49(71)63-48(34(9)80-56(78)33(8)59-44(69)18-13-2)53(75)64-47-35(10)81-57(79)46(31(5)6)62-51(73)41(28-37-21-23-38(67)24-22-37)65(11)55(77)42(29-36-19-15-14-16-20-36)66-45(70)26-25-39(54(66)76)60-50(72)40(27-30(3)4)61-52(47)74/h14-16,19-24,30-35,39-42,45-48,67,70H,12-13,17-18,25-29H2,1-11H3,(H,58,68)(H,59,69)(H,60,72)(H,61,74)(H,62,73)(H,63,71)(H,64,75)/t32-,33-,34+,35-,39-,40-,41-,42-,45+,46-,47-,48+/m0/s1. The molecular weight excluding hydrogens is 1050 g/mol. The zero-order valence-corrected chi connectivity index (χ0v) is 48.2. The van der Waals surface area contributed by atoms with Crippen molar-refractivity contribution in [3.8, 4) is 5.75 Å². The Morgan fingerprint density at radius 1 is 0.704 bits per heavy atom. The van der Waals surface area contributed by atoms with E-state index in [1.807, 2.05) is 0 Å². The van der Waals surface area contributed by atoms with E-state index >= 15 is 4.79 Å². The number of carbonyl (C=O) groups excluding carboxylic acids is 11. The smallest absolute Gasteiger partial charge is 0.329 e. The maximum Gasteiger partial charge on any atom is 0.329 e. The Morgan fingerprint density at radius 3 is 1.86 bits per heavy atom. The fourth-order valence-corrected chi connectivity index (χ4v) is 9.37. The van der Waals surface area contributed by atoms with Gasteiger partial charge in [-0.2, -0.15) is 0 Å². The fourth-order valence-electron chi connectivity index (χ4n) is 9.37. The van der Waals surface area contributed by atoms with Crippen molar-refractivity contribution in [3.05, 3.63) is 65.7 Å².